The van der Waals surface area contributed by atoms with Crippen LogP contribution in [0.4, 0.5) is 5.69 Å². The third-order valence-electron chi connectivity index (χ3n) is 5.55. The Hall–Kier alpha value is -2.87. The van der Waals surface area contributed by atoms with Gasteiger partial charge in [0.2, 0.25) is 0 Å². The van der Waals surface area contributed by atoms with Crippen LogP contribution < -0.4 is 0 Å². The molecule has 1 aliphatic carbocycles. The largest absolute Gasteiger partial charge is 0.463 e. The van der Waals surface area contributed by atoms with Crippen LogP contribution in [0, 0.1) is 21.4 Å². The lowest BCUT2D eigenvalue weighted by molar-refractivity contribution is -0.384. The standard InChI is InChI=1S/C22H26N2O6/c1-13-18(21(26)30-10-9-29-4)19(14-5-7-15(8-6-14)24(27)28)20-16(23-13)11-22(2,3)12-17(20)25/h5-8,18-19H,9-12H2,1-4H3/t18?,19-/m1/s1. The third kappa shape index (κ3) is 4.33. The van der Waals surface area contributed by atoms with E-state index in [4.69, 9.17) is 9.47 Å². The average Bonchev–Trinajstić information content (AvgIpc) is 2.66. The van der Waals surface area contributed by atoms with E-state index in [2.05, 4.69) is 4.99 Å². The van der Waals surface area contributed by atoms with Crippen molar-refractivity contribution in [2.45, 2.75) is 39.5 Å². The van der Waals surface area contributed by atoms with Gasteiger partial charge in [0.25, 0.3) is 5.69 Å². The van der Waals surface area contributed by atoms with Crippen molar-refractivity contribution in [3.05, 3.63) is 51.2 Å². The number of hydrogen-bond acceptors (Lipinski definition) is 7. The molecule has 1 heterocycles. The SMILES string of the molecule is COCCOC(=O)C1C(C)=NC2=C(C(=O)CC(C)(C)C2)[C@@H]1c1ccc([N+](=O)[O-])cc1. The third-order valence-corrected chi connectivity index (χ3v) is 5.55. The molecular weight excluding hydrogens is 388 g/mol. The average molecular weight is 414 g/mol. The summed E-state index contributed by atoms with van der Waals surface area (Å²) in [6.45, 7) is 6.16. The first kappa shape index (κ1) is 21.8. The van der Waals surface area contributed by atoms with Crippen LogP contribution in [0.1, 0.15) is 45.1 Å². The lowest BCUT2D eigenvalue weighted by atomic mass is 9.67. The van der Waals surface area contributed by atoms with Crippen LogP contribution in [-0.4, -0.2) is 42.7 Å². The molecule has 0 spiro atoms. The van der Waals surface area contributed by atoms with E-state index in [1.807, 2.05) is 13.8 Å². The molecule has 0 saturated carbocycles. The Bertz CT molecular complexity index is 929. The predicted octanol–water partition coefficient (Wildman–Crippen LogP) is 3.60. The molecule has 0 bridgehead atoms. The van der Waals surface area contributed by atoms with E-state index in [-0.39, 0.29) is 30.1 Å². The summed E-state index contributed by atoms with van der Waals surface area (Å²) in [5, 5.41) is 11.0. The molecular formula is C22H26N2O6. The zero-order chi connectivity index (χ0) is 22.1. The highest BCUT2D eigenvalue weighted by Crippen LogP contribution is 2.48. The monoisotopic (exact) mass is 414 g/mol. The van der Waals surface area contributed by atoms with Gasteiger partial charge in [0.05, 0.1) is 11.5 Å². The number of nitro groups is 1. The van der Waals surface area contributed by atoms with Gasteiger partial charge in [0.15, 0.2) is 5.78 Å². The second kappa shape index (κ2) is 8.47. The van der Waals surface area contributed by atoms with Crippen molar-refractivity contribution in [3.8, 4) is 0 Å². The Labute approximate surface area is 175 Å². The van der Waals surface area contributed by atoms with Gasteiger partial charge in [-0.15, -0.1) is 0 Å². The molecule has 1 unspecified atom stereocenters. The predicted molar refractivity (Wildman–Crippen MR) is 110 cm³/mol. The van der Waals surface area contributed by atoms with Crippen LogP contribution in [0.25, 0.3) is 0 Å². The lowest BCUT2D eigenvalue weighted by Gasteiger charge is -2.39. The summed E-state index contributed by atoms with van der Waals surface area (Å²) in [5.41, 5.74) is 2.17. The normalized spacial score (nSPS) is 22.9. The fraction of sp³-hybridized carbons (Fsp3) is 0.500. The number of nitrogens with zero attached hydrogens (tertiary/aromatic N) is 2. The first-order chi connectivity index (χ1) is 14.1. The van der Waals surface area contributed by atoms with Gasteiger partial charge in [-0.1, -0.05) is 26.0 Å². The number of rotatable bonds is 6. The van der Waals surface area contributed by atoms with Crippen LogP contribution >= 0.6 is 0 Å². The fourth-order valence-corrected chi connectivity index (χ4v) is 4.23. The van der Waals surface area contributed by atoms with E-state index in [0.29, 0.717) is 35.4 Å². The van der Waals surface area contributed by atoms with Crippen molar-refractivity contribution in [1.82, 2.24) is 0 Å². The molecule has 0 amide bonds. The second-order valence-corrected chi connectivity index (χ2v) is 8.52. The van der Waals surface area contributed by atoms with Gasteiger partial charge < -0.3 is 9.47 Å². The van der Waals surface area contributed by atoms with E-state index >= 15 is 0 Å². The number of ketones is 1. The van der Waals surface area contributed by atoms with Gasteiger partial charge >= 0.3 is 5.97 Å². The van der Waals surface area contributed by atoms with Gasteiger partial charge in [-0.05, 0) is 24.3 Å². The lowest BCUT2D eigenvalue weighted by Crippen LogP contribution is -2.39. The number of carbonyl (C=O) groups is 2. The van der Waals surface area contributed by atoms with Gasteiger partial charge in [0.1, 0.15) is 12.5 Å². The minimum Gasteiger partial charge on any atom is -0.463 e. The highest BCUT2D eigenvalue weighted by molar-refractivity contribution is 6.09. The molecule has 2 atom stereocenters. The summed E-state index contributed by atoms with van der Waals surface area (Å²) >= 11 is 0. The molecule has 30 heavy (non-hydrogen) atoms. The Kier molecular flexibility index (Phi) is 6.17. The van der Waals surface area contributed by atoms with Crippen LogP contribution in [0.5, 0.6) is 0 Å². The highest BCUT2D eigenvalue weighted by atomic mass is 16.6. The maximum Gasteiger partial charge on any atom is 0.315 e. The Morgan fingerprint density at radius 3 is 2.50 bits per heavy atom. The molecule has 0 aromatic heterocycles. The van der Waals surface area contributed by atoms with Crippen LogP contribution in [-0.2, 0) is 19.1 Å². The molecule has 0 fully saturated rings. The Morgan fingerprint density at radius 2 is 1.90 bits per heavy atom. The summed E-state index contributed by atoms with van der Waals surface area (Å²) in [4.78, 5) is 41.3. The first-order valence-electron chi connectivity index (χ1n) is 9.86. The van der Waals surface area contributed by atoms with E-state index in [9.17, 15) is 19.7 Å². The van der Waals surface area contributed by atoms with Gasteiger partial charge in [-0.3, -0.25) is 24.7 Å². The van der Waals surface area contributed by atoms with Crippen molar-refractivity contribution in [1.29, 1.82) is 0 Å². The maximum absolute atomic E-state index is 13.1. The molecule has 0 N–H and O–H groups in total. The number of carbonyl (C=O) groups excluding carboxylic acids is 2. The molecule has 0 saturated heterocycles. The number of benzene rings is 1. The maximum atomic E-state index is 13.1. The molecule has 8 heteroatoms. The van der Waals surface area contributed by atoms with E-state index in [1.165, 1.54) is 19.2 Å². The fourth-order valence-electron chi connectivity index (χ4n) is 4.23. The number of esters is 1. The number of ether oxygens (including phenoxy) is 2. The summed E-state index contributed by atoms with van der Waals surface area (Å²) in [7, 11) is 1.51. The molecule has 1 aromatic carbocycles. The highest BCUT2D eigenvalue weighted by Gasteiger charge is 2.46. The molecule has 8 nitrogen and oxygen atoms in total. The summed E-state index contributed by atoms with van der Waals surface area (Å²) in [5.74, 6) is -1.89. The van der Waals surface area contributed by atoms with Gasteiger partial charge in [-0.2, -0.15) is 0 Å². The zero-order valence-electron chi connectivity index (χ0n) is 17.6. The van der Waals surface area contributed by atoms with Crippen LogP contribution in [0.15, 0.2) is 40.5 Å². The van der Waals surface area contributed by atoms with Gasteiger partial charge in [0, 0.05) is 48.6 Å². The van der Waals surface area contributed by atoms with E-state index < -0.39 is 22.7 Å². The zero-order valence-corrected chi connectivity index (χ0v) is 17.6. The summed E-state index contributed by atoms with van der Waals surface area (Å²) in [6.07, 6.45) is 0.982. The number of allylic oxidation sites excluding steroid dienone is 2. The quantitative estimate of drug-likeness (QED) is 0.305. The Morgan fingerprint density at radius 1 is 1.23 bits per heavy atom. The van der Waals surface area contributed by atoms with Crippen molar-refractivity contribution in [3.63, 3.8) is 0 Å². The summed E-state index contributed by atoms with van der Waals surface area (Å²) in [6, 6.07) is 5.99. The second-order valence-electron chi connectivity index (χ2n) is 8.52. The van der Waals surface area contributed by atoms with Crippen molar-refractivity contribution >= 4 is 23.2 Å². The molecule has 3 rings (SSSR count). The number of methoxy groups -OCH3 is 1. The van der Waals surface area contributed by atoms with Crippen molar-refractivity contribution in [2.75, 3.05) is 20.3 Å². The van der Waals surface area contributed by atoms with E-state index in [0.717, 1.165) is 0 Å². The minimum absolute atomic E-state index is 0.0458. The number of non-ortho nitro benzene ring substituents is 1. The topological polar surface area (TPSA) is 108 Å². The van der Waals surface area contributed by atoms with Crippen LogP contribution in [0.3, 0.4) is 0 Å². The number of nitro benzene ring substituents is 1. The summed E-state index contributed by atoms with van der Waals surface area (Å²) < 4.78 is 10.3. The van der Waals surface area contributed by atoms with E-state index in [1.54, 1.807) is 19.1 Å². The molecule has 2 aliphatic rings. The number of hydrogen-bond donors (Lipinski definition) is 0. The molecule has 1 aromatic rings. The molecule has 160 valence electrons. The smallest absolute Gasteiger partial charge is 0.315 e. The van der Waals surface area contributed by atoms with Gasteiger partial charge in [-0.25, -0.2) is 0 Å². The van der Waals surface area contributed by atoms with Crippen LogP contribution in [0.2, 0.25) is 0 Å². The molecule has 0 radical (unpaired) electrons. The van der Waals surface area contributed by atoms with Crippen molar-refractivity contribution < 1.29 is 24.0 Å². The first-order valence-corrected chi connectivity index (χ1v) is 9.86. The minimum atomic E-state index is -0.771. The Balaban J connectivity index is 2.07. The number of Topliss-reactive ketones (excluding diaryl/α,β-unsaturated/α-hetero) is 1. The molecule has 1 aliphatic heterocycles. The van der Waals surface area contributed by atoms with Crippen molar-refractivity contribution in [2.24, 2.45) is 16.3 Å². The number of aliphatic imine (C=N–C) groups is 1.